The summed E-state index contributed by atoms with van der Waals surface area (Å²) in [7, 11) is 0. The number of carbonyl (C=O) groups excluding carboxylic acids is 2. The number of rotatable bonds is 1. The SMILES string of the molecule is Cc1cccn2ncc(C(=O)N3CCC4(CC3)C(=O)Nc3ccccc34)c12. The van der Waals surface area contributed by atoms with Gasteiger partial charge in [0.15, 0.2) is 0 Å². The van der Waals surface area contributed by atoms with Gasteiger partial charge in [0.2, 0.25) is 5.91 Å². The summed E-state index contributed by atoms with van der Waals surface area (Å²) in [4.78, 5) is 27.7. The van der Waals surface area contributed by atoms with Gasteiger partial charge in [-0.25, -0.2) is 4.52 Å². The Kier molecular flexibility index (Phi) is 3.37. The summed E-state index contributed by atoms with van der Waals surface area (Å²) in [6.45, 7) is 3.10. The van der Waals surface area contributed by atoms with E-state index in [1.807, 2.05) is 54.4 Å². The van der Waals surface area contributed by atoms with Crippen molar-refractivity contribution in [1.82, 2.24) is 14.5 Å². The third-order valence-corrected chi connectivity index (χ3v) is 6.00. The summed E-state index contributed by atoms with van der Waals surface area (Å²) in [6, 6.07) is 11.8. The molecule has 1 N–H and O–H groups in total. The van der Waals surface area contributed by atoms with Crippen molar-refractivity contribution in [3.05, 3.63) is 65.5 Å². The van der Waals surface area contributed by atoms with Gasteiger partial charge in [0.25, 0.3) is 5.91 Å². The molecule has 1 aromatic carbocycles. The lowest BCUT2D eigenvalue weighted by Crippen LogP contribution is -2.48. The van der Waals surface area contributed by atoms with E-state index in [0.717, 1.165) is 22.3 Å². The average Bonchev–Trinajstić information content (AvgIpc) is 3.23. The fourth-order valence-corrected chi connectivity index (χ4v) is 4.50. The number of nitrogens with zero attached hydrogens (tertiary/aromatic N) is 3. The Balaban J connectivity index is 1.42. The second-order valence-corrected chi connectivity index (χ2v) is 7.42. The van der Waals surface area contributed by atoms with E-state index in [0.29, 0.717) is 31.5 Å². The molecule has 2 aromatic heterocycles. The molecule has 0 bridgehead atoms. The number of fused-ring (bicyclic) bond motifs is 3. The van der Waals surface area contributed by atoms with Crippen molar-refractivity contribution in [2.75, 3.05) is 18.4 Å². The highest BCUT2D eigenvalue weighted by Crippen LogP contribution is 2.44. The minimum absolute atomic E-state index is 0.0131. The Labute approximate surface area is 156 Å². The summed E-state index contributed by atoms with van der Waals surface area (Å²) in [5.41, 5.74) is 3.96. The number of piperidine rings is 1. The highest BCUT2D eigenvalue weighted by molar-refractivity contribution is 6.07. The molecule has 0 atom stereocenters. The molecule has 0 aliphatic carbocycles. The van der Waals surface area contributed by atoms with Crippen LogP contribution in [-0.4, -0.2) is 39.4 Å². The van der Waals surface area contributed by atoms with Crippen LogP contribution < -0.4 is 5.32 Å². The van der Waals surface area contributed by atoms with Gasteiger partial charge in [-0.1, -0.05) is 24.3 Å². The Hall–Kier alpha value is -3.15. The number of nitrogens with one attached hydrogen (secondary N) is 1. The summed E-state index contributed by atoms with van der Waals surface area (Å²) < 4.78 is 1.74. The van der Waals surface area contributed by atoms with Gasteiger partial charge < -0.3 is 10.2 Å². The van der Waals surface area contributed by atoms with Crippen molar-refractivity contribution in [3.63, 3.8) is 0 Å². The molecule has 6 nitrogen and oxygen atoms in total. The Morgan fingerprint density at radius 1 is 1.15 bits per heavy atom. The van der Waals surface area contributed by atoms with Gasteiger partial charge in [-0.05, 0) is 43.0 Å². The van der Waals surface area contributed by atoms with Crippen LogP contribution in [0.5, 0.6) is 0 Å². The van der Waals surface area contributed by atoms with Gasteiger partial charge in [0, 0.05) is 25.0 Å². The first-order valence-corrected chi connectivity index (χ1v) is 9.23. The molecule has 0 unspecified atom stereocenters. The molecule has 0 saturated carbocycles. The maximum absolute atomic E-state index is 13.1. The number of anilines is 1. The smallest absolute Gasteiger partial charge is 0.257 e. The number of hydrogen-bond acceptors (Lipinski definition) is 3. The monoisotopic (exact) mass is 360 g/mol. The van der Waals surface area contributed by atoms with Crippen molar-refractivity contribution >= 4 is 23.0 Å². The molecule has 2 aliphatic rings. The molecule has 4 heterocycles. The molecular weight excluding hydrogens is 340 g/mol. The largest absolute Gasteiger partial charge is 0.338 e. The van der Waals surface area contributed by atoms with Crippen LogP contribution in [0.3, 0.4) is 0 Å². The maximum atomic E-state index is 13.1. The first kappa shape index (κ1) is 16.1. The molecule has 6 heteroatoms. The summed E-state index contributed by atoms with van der Waals surface area (Å²) in [5.74, 6) is 0.0449. The summed E-state index contributed by atoms with van der Waals surface area (Å²) in [5, 5.41) is 7.32. The molecule has 0 radical (unpaired) electrons. The van der Waals surface area contributed by atoms with Gasteiger partial charge in [-0.3, -0.25) is 9.59 Å². The Morgan fingerprint density at radius 2 is 1.93 bits per heavy atom. The number of aromatic nitrogens is 2. The van der Waals surface area contributed by atoms with Crippen molar-refractivity contribution in [1.29, 1.82) is 0 Å². The molecule has 1 saturated heterocycles. The van der Waals surface area contributed by atoms with E-state index < -0.39 is 5.41 Å². The number of carbonyl (C=O) groups is 2. The van der Waals surface area contributed by atoms with Gasteiger partial charge in [0.05, 0.1) is 22.7 Å². The molecule has 136 valence electrons. The predicted octanol–water partition coefficient (Wildman–Crippen LogP) is 2.77. The standard InChI is InChI=1S/C21H20N4O2/c1-14-5-4-10-25-18(14)15(13-22-25)19(26)24-11-8-21(9-12-24)16-6-2-3-7-17(16)23-20(21)27/h2-7,10,13H,8-9,11-12H2,1H3,(H,23,27). The predicted molar refractivity (Wildman–Crippen MR) is 102 cm³/mol. The highest BCUT2D eigenvalue weighted by atomic mass is 16.2. The van der Waals surface area contributed by atoms with Crippen molar-refractivity contribution in [2.24, 2.45) is 0 Å². The average molecular weight is 360 g/mol. The van der Waals surface area contributed by atoms with Crippen LogP contribution in [0.1, 0.15) is 34.3 Å². The number of benzene rings is 1. The fraction of sp³-hybridized carbons (Fsp3) is 0.286. The number of amides is 2. The van der Waals surface area contributed by atoms with Crippen LogP contribution in [-0.2, 0) is 10.2 Å². The zero-order valence-corrected chi connectivity index (χ0v) is 15.1. The molecule has 1 fully saturated rings. The maximum Gasteiger partial charge on any atom is 0.257 e. The van der Waals surface area contributed by atoms with Crippen LogP contribution in [0.25, 0.3) is 5.52 Å². The van der Waals surface area contributed by atoms with Gasteiger partial charge in [0.1, 0.15) is 0 Å². The molecular formula is C21H20N4O2. The van der Waals surface area contributed by atoms with Crippen LogP contribution in [0.15, 0.2) is 48.8 Å². The van der Waals surface area contributed by atoms with Gasteiger partial charge in [-0.15, -0.1) is 0 Å². The van der Waals surface area contributed by atoms with E-state index in [1.54, 1.807) is 10.7 Å². The third kappa shape index (κ3) is 2.22. The molecule has 3 aromatic rings. The summed E-state index contributed by atoms with van der Waals surface area (Å²) in [6.07, 6.45) is 4.77. The highest BCUT2D eigenvalue weighted by Gasteiger charge is 2.48. The number of likely N-dealkylation sites (tertiary alicyclic amines) is 1. The van der Waals surface area contributed by atoms with E-state index >= 15 is 0 Å². The van der Waals surface area contributed by atoms with E-state index in [4.69, 9.17) is 0 Å². The van der Waals surface area contributed by atoms with Crippen LogP contribution in [0.4, 0.5) is 5.69 Å². The fourth-order valence-electron chi connectivity index (χ4n) is 4.50. The first-order valence-electron chi connectivity index (χ1n) is 9.23. The Bertz CT molecular complexity index is 1080. The second-order valence-electron chi connectivity index (χ2n) is 7.42. The number of pyridine rings is 1. The minimum atomic E-state index is -0.510. The van der Waals surface area contributed by atoms with Crippen molar-refractivity contribution < 1.29 is 9.59 Å². The molecule has 2 amide bonds. The van der Waals surface area contributed by atoms with Crippen LogP contribution in [0.2, 0.25) is 0 Å². The van der Waals surface area contributed by atoms with E-state index in [9.17, 15) is 9.59 Å². The van der Waals surface area contributed by atoms with Crippen molar-refractivity contribution in [2.45, 2.75) is 25.2 Å². The molecule has 1 spiro atoms. The normalized spacial score (nSPS) is 18.0. The minimum Gasteiger partial charge on any atom is -0.338 e. The Morgan fingerprint density at radius 3 is 2.74 bits per heavy atom. The zero-order chi connectivity index (χ0) is 18.6. The first-order chi connectivity index (χ1) is 13.1. The van der Waals surface area contributed by atoms with Crippen LogP contribution in [0, 0.1) is 6.92 Å². The topological polar surface area (TPSA) is 66.7 Å². The quantitative estimate of drug-likeness (QED) is 0.726. The van der Waals surface area contributed by atoms with E-state index in [1.165, 1.54) is 0 Å². The zero-order valence-electron chi connectivity index (χ0n) is 15.1. The van der Waals surface area contributed by atoms with Crippen molar-refractivity contribution in [3.8, 4) is 0 Å². The van der Waals surface area contributed by atoms with Gasteiger partial charge in [-0.2, -0.15) is 5.10 Å². The second kappa shape index (κ2) is 5.67. The molecule has 2 aliphatic heterocycles. The number of aryl methyl sites for hydroxylation is 1. The lowest BCUT2D eigenvalue weighted by atomic mass is 9.73. The molecule has 5 rings (SSSR count). The number of para-hydroxylation sites is 1. The molecule has 27 heavy (non-hydrogen) atoms. The van der Waals surface area contributed by atoms with Crippen LogP contribution >= 0.6 is 0 Å². The van der Waals surface area contributed by atoms with E-state index in [-0.39, 0.29) is 11.8 Å². The van der Waals surface area contributed by atoms with E-state index in [2.05, 4.69) is 10.4 Å². The summed E-state index contributed by atoms with van der Waals surface area (Å²) >= 11 is 0. The number of hydrogen-bond donors (Lipinski definition) is 1. The lowest BCUT2D eigenvalue weighted by Gasteiger charge is -2.37. The third-order valence-electron chi connectivity index (χ3n) is 6.00. The van der Waals surface area contributed by atoms with Gasteiger partial charge >= 0.3 is 0 Å². The lowest BCUT2D eigenvalue weighted by molar-refractivity contribution is -0.122.